The van der Waals surface area contributed by atoms with E-state index in [1.807, 2.05) is 12.1 Å². The molecular formula is C16H17N3O4. The molecule has 2 heterocycles. The number of methoxy groups -OCH3 is 2. The van der Waals surface area contributed by atoms with Gasteiger partial charge in [-0.2, -0.15) is 0 Å². The van der Waals surface area contributed by atoms with Gasteiger partial charge in [0, 0.05) is 19.2 Å². The molecule has 1 amide bonds. The van der Waals surface area contributed by atoms with E-state index in [2.05, 4.69) is 9.97 Å². The van der Waals surface area contributed by atoms with Crippen LogP contribution in [0.1, 0.15) is 21.6 Å². The summed E-state index contributed by atoms with van der Waals surface area (Å²) in [5, 5.41) is 0. The highest BCUT2D eigenvalue weighted by atomic mass is 16.5. The largest absolute Gasteiger partial charge is 0.493 e. The van der Waals surface area contributed by atoms with E-state index < -0.39 is 0 Å². The van der Waals surface area contributed by atoms with Crippen LogP contribution in [0.2, 0.25) is 0 Å². The molecule has 0 atom stereocenters. The Labute approximate surface area is 132 Å². The minimum Gasteiger partial charge on any atom is -0.493 e. The standard InChI is InChI=1S/C16H17N3O4/c1-22-13-5-10-3-4-19(8-11(10)6-14(13)23-2)16(21)12-7-15(20)18-9-17-12/h5-7,9H,3-4,8H2,1-2H3,(H,17,18,20). The molecule has 0 saturated heterocycles. The van der Waals surface area contributed by atoms with Crippen molar-refractivity contribution in [2.75, 3.05) is 20.8 Å². The van der Waals surface area contributed by atoms with E-state index in [1.54, 1.807) is 19.1 Å². The van der Waals surface area contributed by atoms with Gasteiger partial charge in [-0.1, -0.05) is 0 Å². The Balaban J connectivity index is 1.87. The fourth-order valence-corrected chi connectivity index (χ4v) is 2.70. The Hall–Kier alpha value is -2.83. The Bertz CT molecular complexity index is 800. The summed E-state index contributed by atoms with van der Waals surface area (Å²) in [5.41, 5.74) is 1.95. The summed E-state index contributed by atoms with van der Waals surface area (Å²) in [6.07, 6.45) is 1.95. The summed E-state index contributed by atoms with van der Waals surface area (Å²) >= 11 is 0. The van der Waals surface area contributed by atoms with Crippen molar-refractivity contribution in [2.45, 2.75) is 13.0 Å². The van der Waals surface area contributed by atoms with E-state index >= 15 is 0 Å². The smallest absolute Gasteiger partial charge is 0.273 e. The predicted octanol–water partition coefficient (Wildman–Crippen LogP) is 0.986. The third-order valence-corrected chi connectivity index (χ3v) is 3.90. The van der Waals surface area contributed by atoms with Crippen LogP contribution in [0.5, 0.6) is 11.5 Å². The molecule has 1 aromatic heterocycles. The van der Waals surface area contributed by atoms with Crippen molar-refractivity contribution in [1.82, 2.24) is 14.9 Å². The average Bonchev–Trinajstić information content (AvgIpc) is 2.59. The molecule has 7 nitrogen and oxygen atoms in total. The molecule has 1 aliphatic heterocycles. The number of aromatic amines is 1. The third kappa shape index (κ3) is 2.90. The SMILES string of the molecule is COc1cc2c(cc1OC)CN(C(=O)c1cc(=O)[nH]cn1)CC2. The Kier molecular flexibility index (Phi) is 4.01. The molecule has 1 N–H and O–H groups in total. The minimum absolute atomic E-state index is 0.151. The van der Waals surface area contributed by atoms with Gasteiger partial charge in [-0.05, 0) is 29.7 Å². The van der Waals surface area contributed by atoms with Crippen LogP contribution in [0.4, 0.5) is 0 Å². The van der Waals surface area contributed by atoms with Crippen molar-refractivity contribution < 1.29 is 14.3 Å². The van der Waals surface area contributed by atoms with Gasteiger partial charge in [0.25, 0.3) is 11.5 Å². The topological polar surface area (TPSA) is 84.5 Å². The molecule has 0 spiro atoms. The monoisotopic (exact) mass is 315 g/mol. The highest BCUT2D eigenvalue weighted by molar-refractivity contribution is 5.92. The number of nitrogens with zero attached hydrogens (tertiary/aromatic N) is 2. The first kappa shape index (κ1) is 15.1. The molecule has 0 radical (unpaired) electrons. The van der Waals surface area contributed by atoms with Gasteiger partial charge in [-0.25, -0.2) is 4.98 Å². The average molecular weight is 315 g/mol. The van der Waals surface area contributed by atoms with Crippen LogP contribution in [-0.2, 0) is 13.0 Å². The Morgan fingerprint density at radius 2 is 1.87 bits per heavy atom. The lowest BCUT2D eigenvalue weighted by Crippen LogP contribution is -2.37. The molecule has 0 bridgehead atoms. The Morgan fingerprint density at radius 1 is 1.17 bits per heavy atom. The first-order valence-corrected chi connectivity index (χ1v) is 7.20. The van der Waals surface area contributed by atoms with E-state index in [0.717, 1.165) is 11.1 Å². The molecule has 1 aromatic carbocycles. The van der Waals surface area contributed by atoms with Crippen molar-refractivity contribution in [1.29, 1.82) is 0 Å². The molecule has 0 saturated carbocycles. The zero-order valence-electron chi connectivity index (χ0n) is 13.0. The second-order valence-electron chi connectivity index (χ2n) is 5.25. The van der Waals surface area contributed by atoms with Crippen molar-refractivity contribution in [2.24, 2.45) is 0 Å². The van der Waals surface area contributed by atoms with Gasteiger partial charge in [-0.3, -0.25) is 9.59 Å². The summed E-state index contributed by atoms with van der Waals surface area (Å²) in [5.74, 6) is 1.06. The lowest BCUT2D eigenvalue weighted by Gasteiger charge is -2.29. The molecule has 23 heavy (non-hydrogen) atoms. The molecule has 120 valence electrons. The summed E-state index contributed by atoms with van der Waals surface area (Å²) in [4.78, 5) is 31.8. The second-order valence-corrected chi connectivity index (χ2v) is 5.25. The number of amides is 1. The number of nitrogens with one attached hydrogen (secondary N) is 1. The van der Waals surface area contributed by atoms with Crippen molar-refractivity contribution >= 4 is 5.91 Å². The molecule has 1 aliphatic rings. The zero-order valence-corrected chi connectivity index (χ0v) is 13.0. The predicted molar refractivity (Wildman–Crippen MR) is 82.8 cm³/mol. The number of hydrogen-bond acceptors (Lipinski definition) is 5. The molecule has 0 aliphatic carbocycles. The lowest BCUT2D eigenvalue weighted by atomic mass is 9.98. The number of fused-ring (bicyclic) bond motifs is 1. The number of aromatic nitrogens is 2. The maximum atomic E-state index is 12.5. The number of rotatable bonds is 3. The van der Waals surface area contributed by atoms with Crippen molar-refractivity contribution in [3.05, 3.63) is 51.7 Å². The van der Waals surface area contributed by atoms with Gasteiger partial charge in [0.15, 0.2) is 11.5 Å². The number of hydrogen-bond donors (Lipinski definition) is 1. The van der Waals surface area contributed by atoms with Gasteiger partial charge < -0.3 is 19.4 Å². The van der Waals surface area contributed by atoms with E-state index in [1.165, 1.54) is 12.4 Å². The highest BCUT2D eigenvalue weighted by Crippen LogP contribution is 2.33. The number of benzene rings is 1. The van der Waals surface area contributed by atoms with Gasteiger partial charge in [0.1, 0.15) is 5.69 Å². The van der Waals surface area contributed by atoms with Crippen molar-refractivity contribution in [3.8, 4) is 11.5 Å². The fourth-order valence-electron chi connectivity index (χ4n) is 2.70. The molecule has 0 unspecified atom stereocenters. The number of ether oxygens (including phenoxy) is 2. The quantitative estimate of drug-likeness (QED) is 0.913. The van der Waals surface area contributed by atoms with Gasteiger partial charge in [0.2, 0.25) is 0 Å². The number of carbonyl (C=O) groups is 1. The third-order valence-electron chi connectivity index (χ3n) is 3.90. The summed E-state index contributed by atoms with van der Waals surface area (Å²) < 4.78 is 10.6. The van der Waals surface area contributed by atoms with Crippen LogP contribution < -0.4 is 15.0 Å². The highest BCUT2D eigenvalue weighted by Gasteiger charge is 2.24. The first-order valence-electron chi connectivity index (χ1n) is 7.20. The van der Waals surface area contributed by atoms with Crippen LogP contribution in [0.15, 0.2) is 29.3 Å². The number of H-pyrrole nitrogens is 1. The van der Waals surface area contributed by atoms with Crippen LogP contribution in [0, 0.1) is 0 Å². The van der Waals surface area contributed by atoms with E-state index in [4.69, 9.17) is 9.47 Å². The normalized spacial score (nSPS) is 13.4. The maximum absolute atomic E-state index is 12.5. The van der Waals surface area contributed by atoms with E-state index in [-0.39, 0.29) is 17.2 Å². The summed E-state index contributed by atoms with van der Waals surface area (Å²) in [6, 6.07) is 5.05. The second kappa shape index (κ2) is 6.12. The molecule has 7 heteroatoms. The van der Waals surface area contributed by atoms with Crippen LogP contribution >= 0.6 is 0 Å². The molecule has 3 rings (SSSR count). The summed E-state index contributed by atoms with van der Waals surface area (Å²) in [6.45, 7) is 1.01. The van der Waals surface area contributed by atoms with Crippen LogP contribution in [0.25, 0.3) is 0 Å². The van der Waals surface area contributed by atoms with Gasteiger partial charge >= 0.3 is 0 Å². The number of carbonyl (C=O) groups excluding carboxylic acids is 1. The molecule has 0 fully saturated rings. The fraction of sp³-hybridized carbons (Fsp3) is 0.312. The maximum Gasteiger partial charge on any atom is 0.273 e. The van der Waals surface area contributed by atoms with Gasteiger partial charge in [0.05, 0.1) is 20.5 Å². The lowest BCUT2D eigenvalue weighted by molar-refractivity contribution is 0.0728. The van der Waals surface area contributed by atoms with E-state index in [9.17, 15) is 9.59 Å². The Morgan fingerprint density at radius 3 is 2.52 bits per heavy atom. The van der Waals surface area contributed by atoms with Crippen molar-refractivity contribution in [3.63, 3.8) is 0 Å². The van der Waals surface area contributed by atoms with E-state index in [0.29, 0.717) is 31.0 Å². The zero-order chi connectivity index (χ0) is 16.4. The molecular weight excluding hydrogens is 298 g/mol. The molecule has 2 aromatic rings. The first-order chi connectivity index (χ1) is 11.1. The van der Waals surface area contributed by atoms with Gasteiger partial charge in [-0.15, -0.1) is 0 Å². The summed E-state index contributed by atoms with van der Waals surface area (Å²) in [7, 11) is 3.18. The van der Waals surface area contributed by atoms with Crippen LogP contribution in [0.3, 0.4) is 0 Å². The minimum atomic E-state index is -0.341. The van der Waals surface area contributed by atoms with Crippen LogP contribution in [-0.4, -0.2) is 41.5 Å².